The summed E-state index contributed by atoms with van der Waals surface area (Å²) in [5.41, 5.74) is 1.02. The van der Waals surface area contributed by atoms with Crippen molar-refractivity contribution in [2.45, 2.75) is 30.1 Å². The van der Waals surface area contributed by atoms with Crippen molar-refractivity contribution in [2.24, 2.45) is 0 Å². The van der Waals surface area contributed by atoms with E-state index in [1.807, 2.05) is 23.1 Å². The van der Waals surface area contributed by atoms with Gasteiger partial charge in [0.1, 0.15) is 0 Å². The summed E-state index contributed by atoms with van der Waals surface area (Å²) in [5, 5.41) is 1.11. The topological polar surface area (TPSA) is 33.2 Å². The van der Waals surface area contributed by atoms with E-state index < -0.39 is 11.6 Å². The van der Waals surface area contributed by atoms with Crippen LogP contribution in [0.2, 0.25) is 0 Å². The van der Waals surface area contributed by atoms with Gasteiger partial charge in [-0.3, -0.25) is 4.79 Å². The number of thiazole rings is 1. The molecule has 0 unspecified atom stereocenters. The van der Waals surface area contributed by atoms with Crippen LogP contribution in [0.4, 0.5) is 8.78 Å². The van der Waals surface area contributed by atoms with Crippen LogP contribution < -0.4 is 0 Å². The monoisotopic (exact) mass is 418 g/mol. The zero-order chi connectivity index (χ0) is 19.5. The molecule has 3 nitrogen and oxygen atoms in total. The molecule has 0 spiro atoms. The summed E-state index contributed by atoms with van der Waals surface area (Å²) >= 11 is 3.09. The maximum absolute atomic E-state index is 13.3. The largest absolute Gasteiger partial charge is 0.342 e. The molecular formula is C21H20F2N2OS2. The third-order valence-corrected chi connectivity index (χ3v) is 7.10. The van der Waals surface area contributed by atoms with Crippen molar-refractivity contribution in [2.75, 3.05) is 18.8 Å². The van der Waals surface area contributed by atoms with Crippen LogP contribution in [0, 0.1) is 11.6 Å². The van der Waals surface area contributed by atoms with E-state index in [0.29, 0.717) is 23.6 Å². The highest BCUT2D eigenvalue weighted by Gasteiger charge is 2.26. The molecule has 0 aliphatic carbocycles. The number of carbonyl (C=O) groups excluding carboxylic acids is 1. The molecule has 1 aliphatic heterocycles. The van der Waals surface area contributed by atoms with Gasteiger partial charge in [-0.05, 0) is 43.2 Å². The number of amides is 1. The summed E-state index contributed by atoms with van der Waals surface area (Å²) in [7, 11) is 0. The van der Waals surface area contributed by atoms with Gasteiger partial charge in [0.2, 0.25) is 5.91 Å². The van der Waals surface area contributed by atoms with Crippen LogP contribution in [0.1, 0.15) is 30.2 Å². The van der Waals surface area contributed by atoms with Crippen molar-refractivity contribution in [3.63, 3.8) is 0 Å². The van der Waals surface area contributed by atoms with E-state index in [1.54, 1.807) is 11.3 Å². The highest BCUT2D eigenvalue weighted by atomic mass is 32.2. The molecule has 3 aromatic rings. The van der Waals surface area contributed by atoms with Crippen LogP contribution in [-0.4, -0.2) is 34.6 Å². The Morgan fingerprint density at radius 1 is 1.21 bits per heavy atom. The quantitative estimate of drug-likeness (QED) is 0.516. The van der Waals surface area contributed by atoms with Crippen LogP contribution in [-0.2, 0) is 4.79 Å². The smallest absolute Gasteiger partial charge is 0.223 e. The van der Waals surface area contributed by atoms with E-state index in [1.165, 1.54) is 28.6 Å². The minimum atomic E-state index is -0.856. The van der Waals surface area contributed by atoms with Crippen LogP contribution in [0.15, 0.2) is 47.4 Å². The minimum Gasteiger partial charge on any atom is -0.342 e. The third-order valence-electron chi connectivity index (χ3n) is 4.91. The molecule has 0 bridgehead atoms. The van der Waals surface area contributed by atoms with Gasteiger partial charge in [0.15, 0.2) is 11.6 Å². The molecule has 1 aromatic heterocycles. The highest BCUT2D eigenvalue weighted by Crippen LogP contribution is 2.33. The molecule has 1 fully saturated rings. The lowest BCUT2D eigenvalue weighted by Gasteiger charge is -2.32. The molecule has 2 heterocycles. The van der Waals surface area contributed by atoms with Gasteiger partial charge in [0.05, 0.1) is 15.2 Å². The summed E-state index contributed by atoms with van der Waals surface area (Å²) in [6.07, 6.45) is 2.41. The number of aromatic nitrogens is 1. The number of thioether (sulfide) groups is 1. The number of fused-ring (bicyclic) bond motifs is 1. The average molecular weight is 419 g/mol. The van der Waals surface area contributed by atoms with E-state index in [9.17, 15) is 13.6 Å². The van der Waals surface area contributed by atoms with E-state index in [4.69, 9.17) is 4.98 Å². The van der Waals surface area contributed by atoms with E-state index in [0.717, 1.165) is 36.0 Å². The summed E-state index contributed by atoms with van der Waals surface area (Å²) in [4.78, 5) is 19.9. The maximum atomic E-state index is 13.3. The molecule has 1 amide bonds. The molecule has 1 saturated heterocycles. The Morgan fingerprint density at radius 3 is 2.89 bits per heavy atom. The number of likely N-dealkylation sites (tertiary alicyclic amines) is 1. The second kappa shape index (κ2) is 8.57. The van der Waals surface area contributed by atoms with E-state index >= 15 is 0 Å². The number of benzene rings is 2. The number of halogens is 2. The molecular weight excluding hydrogens is 398 g/mol. The van der Waals surface area contributed by atoms with Crippen LogP contribution in [0.25, 0.3) is 10.2 Å². The molecule has 28 heavy (non-hydrogen) atoms. The van der Waals surface area contributed by atoms with Crippen molar-refractivity contribution in [3.8, 4) is 0 Å². The van der Waals surface area contributed by atoms with Crippen LogP contribution >= 0.6 is 23.1 Å². The predicted molar refractivity (Wildman–Crippen MR) is 110 cm³/mol. The predicted octanol–water partition coefficient (Wildman–Crippen LogP) is 5.46. The van der Waals surface area contributed by atoms with Crippen LogP contribution in [0.5, 0.6) is 0 Å². The number of nitrogens with zero attached hydrogens (tertiary/aromatic N) is 2. The Kier molecular flexibility index (Phi) is 5.92. The number of hydrogen-bond acceptors (Lipinski definition) is 4. The Bertz CT molecular complexity index is 958. The fraction of sp³-hybridized carbons (Fsp3) is 0.333. The van der Waals surface area contributed by atoms with Gasteiger partial charge in [0, 0.05) is 36.1 Å². The van der Waals surface area contributed by atoms with Gasteiger partial charge in [0.25, 0.3) is 0 Å². The number of carbonyl (C=O) groups is 1. The number of hydrogen-bond donors (Lipinski definition) is 0. The zero-order valence-electron chi connectivity index (χ0n) is 15.2. The molecule has 2 aromatic carbocycles. The first-order valence-corrected chi connectivity index (χ1v) is 11.1. The van der Waals surface area contributed by atoms with E-state index in [2.05, 4.69) is 6.07 Å². The second-order valence-electron chi connectivity index (χ2n) is 6.87. The lowest BCUT2D eigenvalue weighted by atomic mass is 9.98. The van der Waals surface area contributed by atoms with Gasteiger partial charge in [-0.2, -0.15) is 0 Å². The molecule has 0 saturated carbocycles. The van der Waals surface area contributed by atoms with Gasteiger partial charge in [-0.25, -0.2) is 13.8 Å². The van der Waals surface area contributed by atoms with Gasteiger partial charge < -0.3 is 4.90 Å². The molecule has 0 N–H and O–H groups in total. The van der Waals surface area contributed by atoms with Crippen molar-refractivity contribution in [1.29, 1.82) is 0 Å². The van der Waals surface area contributed by atoms with E-state index in [-0.39, 0.29) is 11.8 Å². The fourth-order valence-electron chi connectivity index (χ4n) is 3.45. The summed E-state index contributed by atoms with van der Waals surface area (Å²) < 4.78 is 27.4. The normalized spacial score (nSPS) is 17.2. The minimum absolute atomic E-state index is 0.112. The first-order chi connectivity index (χ1) is 13.6. The molecule has 4 rings (SSSR count). The Hall–Kier alpha value is -1.99. The van der Waals surface area contributed by atoms with Gasteiger partial charge in [-0.1, -0.05) is 12.1 Å². The standard InChI is InChI=1S/C21H20F2N2OS2/c22-16-8-7-15(12-17(16)23)27-11-9-20(26)25-10-3-4-14(13-25)21-24-18-5-1-2-6-19(18)28-21/h1-2,5-8,12,14H,3-4,9-11,13H2/t14-/m1/s1. The third kappa shape index (κ3) is 4.36. The second-order valence-corrected chi connectivity index (χ2v) is 9.10. The van der Waals surface area contributed by atoms with Crippen molar-refractivity contribution < 1.29 is 13.6 Å². The number of piperidine rings is 1. The molecule has 7 heteroatoms. The summed E-state index contributed by atoms with van der Waals surface area (Å²) in [5.74, 6) is -0.762. The first-order valence-electron chi connectivity index (χ1n) is 9.31. The molecule has 146 valence electrons. The van der Waals surface area contributed by atoms with Crippen molar-refractivity contribution in [3.05, 3.63) is 59.1 Å². The number of rotatable bonds is 5. The molecule has 0 radical (unpaired) electrons. The van der Waals surface area contributed by atoms with Gasteiger partial charge >= 0.3 is 0 Å². The average Bonchev–Trinajstić information content (AvgIpc) is 3.15. The first kappa shape index (κ1) is 19.3. The lowest BCUT2D eigenvalue weighted by Crippen LogP contribution is -2.39. The maximum Gasteiger partial charge on any atom is 0.223 e. The zero-order valence-corrected chi connectivity index (χ0v) is 16.9. The summed E-state index contributed by atoms with van der Waals surface area (Å²) in [6, 6.07) is 12.0. The Labute approximate surface area is 170 Å². The molecule has 1 aliphatic rings. The van der Waals surface area contributed by atoms with Crippen molar-refractivity contribution >= 4 is 39.2 Å². The number of para-hydroxylation sites is 1. The SMILES string of the molecule is O=C(CCSc1ccc(F)c(F)c1)N1CCC[C@@H](c2nc3ccccc3s2)C1. The molecule has 1 atom stereocenters. The highest BCUT2D eigenvalue weighted by molar-refractivity contribution is 7.99. The van der Waals surface area contributed by atoms with Crippen LogP contribution in [0.3, 0.4) is 0 Å². The van der Waals surface area contributed by atoms with Crippen molar-refractivity contribution in [1.82, 2.24) is 9.88 Å². The lowest BCUT2D eigenvalue weighted by molar-refractivity contribution is -0.131. The summed E-state index contributed by atoms with van der Waals surface area (Å²) in [6.45, 7) is 1.48. The fourth-order valence-corrected chi connectivity index (χ4v) is 5.41. The van der Waals surface area contributed by atoms with Gasteiger partial charge in [-0.15, -0.1) is 23.1 Å². The Morgan fingerprint density at radius 2 is 2.07 bits per heavy atom. The Balaban J connectivity index is 1.33.